The van der Waals surface area contributed by atoms with Crippen LogP contribution in [0, 0.1) is 36.8 Å². The van der Waals surface area contributed by atoms with Gasteiger partial charge in [0.15, 0.2) is 0 Å². The molecule has 19 heavy (non-hydrogen) atoms. The van der Waals surface area contributed by atoms with Crippen LogP contribution in [0.15, 0.2) is 42.5 Å². The van der Waals surface area contributed by atoms with Gasteiger partial charge in [0, 0.05) is 17.5 Å². The third kappa shape index (κ3) is 12.6. The van der Waals surface area contributed by atoms with Gasteiger partial charge in [0.05, 0.1) is 0 Å². The zero-order chi connectivity index (χ0) is 14.4. The van der Waals surface area contributed by atoms with E-state index < -0.39 is 17.5 Å². The van der Waals surface area contributed by atoms with E-state index in [-0.39, 0.29) is 17.1 Å². The van der Waals surface area contributed by atoms with Crippen molar-refractivity contribution in [3.8, 4) is 0 Å². The van der Waals surface area contributed by atoms with Gasteiger partial charge in [-0.15, -0.1) is 18.2 Å². The van der Waals surface area contributed by atoms with Crippen LogP contribution in [0.1, 0.15) is 0 Å². The monoisotopic (exact) mass is 308 g/mol. The molecule has 2 nitrogen and oxygen atoms in total. The van der Waals surface area contributed by atoms with Crippen LogP contribution in [0.25, 0.3) is 0 Å². The minimum atomic E-state index is -1.21. The molecule has 0 saturated heterocycles. The van der Waals surface area contributed by atoms with E-state index in [0.29, 0.717) is 6.07 Å². The van der Waals surface area contributed by atoms with Gasteiger partial charge in [0.2, 0.25) is 0 Å². The van der Waals surface area contributed by atoms with Crippen LogP contribution < -0.4 is 0 Å². The first-order valence-corrected chi connectivity index (χ1v) is 4.30. The molecule has 0 saturated carbocycles. The maximum atomic E-state index is 11.9. The molecule has 0 unspecified atom stereocenters. The van der Waals surface area contributed by atoms with Crippen LogP contribution in [0.5, 0.6) is 0 Å². The van der Waals surface area contributed by atoms with Gasteiger partial charge in [0.25, 0.3) is 0 Å². The molecule has 0 fully saturated rings. The van der Waals surface area contributed by atoms with Crippen LogP contribution in [0.2, 0.25) is 0 Å². The van der Waals surface area contributed by atoms with Crippen molar-refractivity contribution in [2.75, 3.05) is 0 Å². The van der Waals surface area contributed by atoms with Gasteiger partial charge in [-0.25, -0.2) is 16.5 Å². The fraction of sp³-hybridized carbons (Fsp3) is 0. The first kappa shape index (κ1) is 22.5. The minimum Gasteiger partial charge on any atom is -0.214 e. The van der Waals surface area contributed by atoms with E-state index in [1.54, 1.807) is 6.07 Å². The predicted octanol–water partition coefficient (Wildman–Crippen LogP) is 3.23. The van der Waals surface area contributed by atoms with Crippen molar-refractivity contribution >= 4 is 0 Å². The van der Waals surface area contributed by atoms with Crippen molar-refractivity contribution in [3.05, 3.63) is 79.3 Å². The summed E-state index contributed by atoms with van der Waals surface area (Å²) in [5, 5.41) is 0. The first-order chi connectivity index (χ1) is 8.70. The van der Waals surface area contributed by atoms with Crippen molar-refractivity contribution in [1.82, 2.24) is 0 Å². The Morgan fingerprint density at radius 1 is 1.00 bits per heavy atom. The Morgan fingerprint density at radius 3 is 1.74 bits per heavy atom. The molecule has 2 aromatic rings. The zero-order valence-electron chi connectivity index (χ0n) is 9.35. The third-order valence-electron chi connectivity index (χ3n) is 1.37. The van der Waals surface area contributed by atoms with Crippen LogP contribution in [0.4, 0.5) is 13.2 Å². The number of hydrogen-bond acceptors (Lipinski definition) is 0. The van der Waals surface area contributed by atoms with Gasteiger partial charge < -0.3 is 0 Å². The van der Waals surface area contributed by atoms with Crippen LogP contribution in [-0.2, 0) is 26.4 Å². The van der Waals surface area contributed by atoms with Crippen molar-refractivity contribution in [3.63, 3.8) is 0 Å². The third-order valence-corrected chi connectivity index (χ3v) is 1.37. The van der Waals surface area contributed by atoms with Crippen molar-refractivity contribution in [1.29, 1.82) is 0 Å². The van der Waals surface area contributed by atoms with Gasteiger partial charge in [-0.1, -0.05) is 0 Å². The number of hydrogen-bond donors (Lipinski definition) is 0. The number of benzene rings is 1. The summed E-state index contributed by atoms with van der Waals surface area (Å²) >= 11 is 0. The Bertz CT molecular complexity index is 430. The molecule has 0 aliphatic rings. The molecule has 0 N–H and O–H groups in total. The Balaban J connectivity index is -0.000000220. The number of rotatable bonds is 0. The second kappa shape index (κ2) is 16.4. The molecule has 2 aromatic carbocycles. The van der Waals surface area contributed by atoms with E-state index in [0.717, 1.165) is 6.07 Å². The zero-order valence-corrected chi connectivity index (χ0v) is 10.4. The van der Waals surface area contributed by atoms with E-state index in [9.17, 15) is 13.2 Å². The van der Waals surface area contributed by atoms with Gasteiger partial charge in [0.1, 0.15) is 0 Å². The average Bonchev–Trinajstić information content (AvgIpc) is 2.98. The van der Waals surface area contributed by atoms with E-state index in [2.05, 4.69) is 13.3 Å². The number of halogens is 3. The standard InChI is InChI=1S/C6H2F3.C5H5.2CO.Fe/c7-4-1-2-5(8)6(9)3-4;1-2-4-5-3-1;2*1-2;/h1,3H;1-5H;;;/q2*-1;;;+6. The van der Waals surface area contributed by atoms with Gasteiger partial charge in [-0.3, -0.25) is 8.78 Å². The molecule has 0 bridgehead atoms. The maximum absolute atomic E-state index is 11.9. The van der Waals surface area contributed by atoms with Crippen LogP contribution >= 0.6 is 0 Å². The van der Waals surface area contributed by atoms with Gasteiger partial charge in [-0.05, 0) is 0 Å². The fourth-order valence-corrected chi connectivity index (χ4v) is 0.748. The Kier molecular flexibility index (Phi) is 19.4. The Morgan fingerprint density at radius 2 is 1.47 bits per heavy atom. The first-order valence-electron chi connectivity index (χ1n) is 4.30. The smallest absolute Gasteiger partial charge is 0.214 e. The van der Waals surface area contributed by atoms with Crippen molar-refractivity contribution in [2.45, 2.75) is 0 Å². The molecule has 0 radical (unpaired) electrons. The topological polar surface area (TPSA) is 39.8 Å². The van der Waals surface area contributed by atoms with Gasteiger partial charge >= 0.3 is 39.7 Å². The summed E-state index contributed by atoms with van der Waals surface area (Å²) in [6.45, 7) is 9.00. The Labute approximate surface area is 119 Å². The molecular weight excluding hydrogens is 301 g/mol. The summed E-state index contributed by atoms with van der Waals surface area (Å²) in [6, 6.07) is 12.9. The average molecular weight is 308 g/mol. The molecule has 0 aliphatic carbocycles. The van der Waals surface area contributed by atoms with Crippen LogP contribution in [-0.4, -0.2) is 0 Å². The molecular formula is C13H7F3FeO2+4. The van der Waals surface area contributed by atoms with E-state index in [1.165, 1.54) is 0 Å². The van der Waals surface area contributed by atoms with Gasteiger partial charge in [-0.2, -0.15) is 18.2 Å². The van der Waals surface area contributed by atoms with Crippen molar-refractivity contribution in [2.24, 2.45) is 0 Å². The summed E-state index contributed by atoms with van der Waals surface area (Å²) in [6.07, 6.45) is 0. The molecule has 6 heteroatoms. The Hall–Kier alpha value is -1.64. The maximum Gasteiger partial charge on any atom is 6.00 e. The summed E-state index contributed by atoms with van der Waals surface area (Å²) in [5.41, 5.74) is 0. The van der Waals surface area contributed by atoms with E-state index in [4.69, 9.17) is 9.30 Å². The predicted molar refractivity (Wildman–Crippen MR) is 55.0 cm³/mol. The van der Waals surface area contributed by atoms with Crippen molar-refractivity contribution < 1.29 is 39.5 Å². The fourth-order valence-electron chi connectivity index (χ4n) is 0.748. The van der Waals surface area contributed by atoms with E-state index >= 15 is 0 Å². The molecule has 0 aliphatic heterocycles. The normalized spacial score (nSPS) is 6.89. The summed E-state index contributed by atoms with van der Waals surface area (Å²) in [7, 11) is 0. The summed E-state index contributed by atoms with van der Waals surface area (Å²) in [5.74, 6) is -3.19. The second-order valence-electron chi connectivity index (χ2n) is 2.44. The second-order valence-corrected chi connectivity index (χ2v) is 2.44. The molecule has 0 amide bonds. The largest absolute Gasteiger partial charge is 6.00 e. The molecule has 2 rings (SSSR count). The molecule has 0 heterocycles. The minimum absolute atomic E-state index is 0. The molecule has 0 atom stereocenters. The van der Waals surface area contributed by atoms with E-state index in [1.807, 2.05) is 30.3 Å². The molecule has 0 spiro atoms. The summed E-state index contributed by atoms with van der Waals surface area (Å²) in [4.78, 5) is 0. The molecule has 0 aromatic heterocycles. The SMILES string of the molecule is Fc1c[c-]c(F)c(F)c1.[C-]#[O+].[C-]#[O+].[Fe+6].c1cc[cH-]c1. The summed E-state index contributed by atoms with van der Waals surface area (Å²) < 4.78 is 50.7. The molecule has 96 valence electrons. The quantitative estimate of drug-likeness (QED) is 0.310. The van der Waals surface area contributed by atoms with Crippen LogP contribution in [0.3, 0.4) is 0 Å².